The van der Waals surface area contributed by atoms with Crippen molar-refractivity contribution in [3.63, 3.8) is 0 Å². The van der Waals surface area contributed by atoms with Crippen LogP contribution in [0.15, 0.2) is 36.4 Å². The maximum Gasteiger partial charge on any atom is 0.328 e. The first-order valence-electron chi connectivity index (χ1n) is 5.39. The summed E-state index contributed by atoms with van der Waals surface area (Å²) in [4.78, 5) is 22.3. The van der Waals surface area contributed by atoms with Gasteiger partial charge in [-0.3, -0.25) is 4.79 Å². The summed E-state index contributed by atoms with van der Waals surface area (Å²) >= 11 is 0. The van der Waals surface area contributed by atoms with E-state index in [0.717, 1.165) is 5.56 Å². The second-order valence-corrected chi connectivity index (χ2v) is 3.60. The minimum absolute atomic E-state index is 0.0692. The maximum atomic E-state index is 11.5. The fourth-order valence-electron chi connectivity index (χ4n) is 1.30. The Morgan fingerprint density at radius 1 is 1.39 bits per heavy atom. The number of methoxy groups -OCH3 is 1. The van der Waals surface area contributed by atoms with Gasteiger partial charge < -0.3 is 15.2 Å². The van der Waals surface area contributed by atoms with Gasteiger partial charge in [0.1, 0.15) is 0 Å². The molecule has 96 valence electrons. The van der Waals surface area contributed by atoms with E-state index in [4.69, 9.17) is 9.84 Å². The van der Waals surface area contributed by atoms with Crippen molar-refractivity contribution in [3.05, 3.63) is 42.0 Å². The third-order valence-electron chi connectivity index (χ3n) is 2.17. The van der Waals surface area contributed by atoms with Crippen LogP contribution >= 0.6 is 0 Å². The van der Waals surface area contributed by atoms with E-state index < -0.39 is 17.9 Å². The normalized spacial score (nSPS) is 12.3. The maximum absolute atomic E-state index is 11.5. The number of carbonyl (C=O) groups is 2. The van der Waals surface area contributed by atoms with E-state index >= 15 is 0 Å². The molecule has 0 aliphatic heterocycles. The molecular weight excluding hydrogens is 234 g/mol. The van der Waals surface area contributed by atoms with Gasteiger partial charge in [-0.05, 0) is 11.6 Å². The topological polar surface area (TPSA) is 75.6 Å². The molecule has 1 rings (SSSR count). The number of hydrogen-bond acceptors (Lipinski definition) is 3. The first kappa shape index (κ1) is 13.9. The number of ether oxygens (including phenoxy) is 1. The van der Waals surface area contributed by atoms with Gasteiger partial charge in [0.25, 0.3) is 0 Å². The third-order valence-corrected chi connectivity index (χ3v) is 2.17. The van der Waals surface area contributed by atoms with Crippen molar-refractivity contribution >= 4 is 18.0 Å². The van der Waals surface area contributed by atoms with Crippen molar-refractivity contribution in [2.24, 2.45) is 0 Å². The molecule has 5 heteroatoms. The van der Waals surface area contributed by atoms with Crippen LogP contribution in [0, 0.1) is 0 Å². The Kier molecular flexibility index (Phi) is 5.60. The fraction of sp³-hybridized carbons (Fsp3) is 0.231. The van der Waals surface area contributed by atoms with Crippen molar-refractivity contribution in [3.8, 4) is 0 Å². The summed E-state index contributed by atoms with van der Waals surface area (Å²) in [6.07, 6.45) is 2.90. The molecule has 1 amide bonds. The van der Waals surface area contributed by atoms with Crippen LogP contribution in [0.3, 0.4) is 0 Å². The van der Waals surface area contributed by atoms with Crippen molar-refractivity contribution in [1.29, 1.82) is 0 Å². The fourth-order valence-corrected chi connectivity index (χ4v) is 1.30. The Balaban J connectivity index is 2.55. The van der Waals surface area contributed by atoms with Gasteiger partial charge in [0.15, 0.2) is 6.04 Å². The number of hydrogen-bond donors (Lipinski definition) is 2. The molecule has 0 aromatic heterocycles. The van der Waals surface area contributed by atoms with Crippen LogP contribution in [-0.4, -0.2) is 36.7 Å². The van der Waals surface area contributed by atoms with Crippen molar-refractivity contribution in [2.45, 2.75) is 6.04 Å². The van der Waals surface area contributed by atoms with Crippen LogP contribution in [0.5, 0.6) is 0 Å². The molecule has 1 aromatic carbocycles. The third kappa shape index (κ3) is 4.80. The minimum atomic E-state index is -1.13. The summed E-state index contributed by atoms with van der Waals surface area (Å²) in [5.74, 6) is -1.60. The molecule has 18 heavy (non-hydrogen) atoms. The molecule has 0 saturated heterocycles. The van der Waals surface area contributed by atoms with Crippen LogP contribution in [-0.2, 0) is 14.3 Å². The van der Waals surface area contributed by atoms with Crippen LogP contribution in [0.4, 0.5) is 0 Å². The zero-order chi connectivity index (χ0) is 13.4. The van der Waals surface area contributed by atoms with E-state index in [1.807, 2.05) is 30.3 Å². The zero-order valence-electron chi connectivity index (χ0n) is 10.00. The highest BCUT2D eigenvalue weighted by Crippen LogP contribution is 2.00. The number of aliphatic carboxylic acids is 1. The molecule has 1 aromatic rings. The van der Waals surface area contributed by atoms with Gasteiger partial charge in [-0.1, -0.05) is 30.3 Å². The number of amides is 1. The van der Waals surface area contributed by atoms with Crippen LogP contribution < -0.4 is 5.32 Å². The molecule has 2 N–H and O–H groups in total. The average Bonchev–Trinajstić information content (AvgIpc) is 2.37. The number of rotatable bonds is 6. The van der Waals surface area contributed by atoms with Crippen LogP contribution in [0.25, 0.3) is 6.08 Å². The SMILES string of the molecule is COCC(NC(=O)/C=C/c1ccccc1)C(=O)O. The van der Waals surface area contributed by atoms with Gasteiger partial charge in [-0.15, -0.1) is 0 Å². The predicted octanol–water partition coefficient (Wildman–Crippen LogP) is 0.916. The van der Waals surface area contributed by atoms with Gasteiger partial charge in [0.2, 0.25) is 5.91 Å². The van der Waals surface area contributed by atoms with Crippen molar-refractivity contribution in [2.75, 3.05) is 13.7 Å². The monoisotopic (exact) mass is 249 g/mol. The predicted molar refractivity (Wildman–Crippen MR) is 66.9 cm³/mol. The summed E-state index contributed by atoms with van der Waals surface area (Å²) in [7, 11) is 1.38. The van der Waals surface area contributed by atoms with Crippen molar-refractivity contribution in [1.82, 2.24) is 5.32 Å². The molecule has 0 spiro atoms. The van der Waals surface area contributed by atoms with E-state index in [0.29, 0.717) is 0 Å². The quantitative estimate of drug-likeness (QED) is 0.735. The van der Waals surface area contributed by atoms with E-state index in [2.05, 4.69) is 5.32 Å². The number of nitrogens with one attached hydrogen (secondary N) is 1. The van der Waals surface area contributed by atoms with Crippen molar-refractivity contribution < 1.29 is 19.4 Å². The molecule has 1 unspecified atom stereocenters. The molecule has 5 nitrogen and oxygen atoms in total. The Morgan fingerprint density at radius 3 is 2.61 bits per heavy atom. The molecular formula is C13H15NO4. The smallest absolute Gasteiger partial charge is 0.328 e. The van der Waals surface area contributed by atoms with Gasteiger partial charge in [-0.25, -0.2) is 4.79 Å². The lowest BCUT2D eigenvalue weighted by atomic mass is 10.2. The Hall–Kier alpha value is -2.14. The summed E-state index contributed by atoms with van der Waals surface area (Å²) in [6.45, 7) is -0.0692. The second kappa shape index (κ2) is 7.24. The van der Waals surface area contributed by atoms with Gasteiger partial charge in [-0.2, -0.15) is 0 Å². The van der Waals surface area contributed by atoms with Gasteiger partial charge in [0, 0.05) is 13.2 Å². The average molecular weight is 249 g/mol. The summed E-state index contributed by atoms with van der Waals surface area (Å²) < 4.78 is 4.71. The first-order chi connectivity index (χ1) is 8.63. The zero-order valence-corrected chi connectivity index (χ0v) is 10.00. The first-order valence-corrected chi connectivity index (χ1v) is 5.39. The highest BCUT2D eigenvalue weighted by Gasteiger charge is 2.18. The molecule has 0 bridgehead atoms. The number of carboxylic acids is 1. The summed E-state index contributed by atoms with van der Waals surface area (Å²) in [5, 5.41) is 11.2. The highest BCUT2D eigenvalue weighted by molar-refractivity contribution is 5.94. The van der Waals surface area contributed by atoms with Crippen LogP contribution in [0.1, 0.15) is 5.56 Å². The summed E-state index contributed by atoms with van der Waals surface area (Å²) in [5.41, 5.74) is 0.867. The largest absolute Gasteiger partial charge is 0.480 e. The molecule has 0 heterocycles. The number of carboxylic acid groups (broad SMARTS) is 1. The molecule has 0 saturated carbocycles. The van der Waals surface area contributed by atoms with Gasteiger partial charge >= 0.3 is 5.97 Å². The van der Waals surface area contributed by atoms with E-state index in [9.17, 15) is 9.59 Å². The van der Waals surface area contributed by atoms with Crippen LogP contribution in [0.2, 0.25) is 0 Å². The molecule has 0 aliphatic carbocycles. The molecule has 1 atom stereocenters. The lowest BCUT2D eigenvalue weighted by Crippen LogP contribution is -2.43. The van der Waals surface area contributed by atoms with Gasteiger partial charge in [0.05, 0.1) is 6.61 Å². The minimum Gasteiger partial charge on any atom is -0.480 e. The summed E-state index contributed by atoms with van der Waals surface area (Å²) in [6, 6.07) is 8.21. The number of benzene rings is 1. The van der Waals surface area contributed by atoms with E-state index in [1.165, 1.54) is 13.2 Å². The Labute approximate surface area is 105 Å². The standard InChI is InChI=1S/C13H15NO4/c1-18-9-11(13(16)17)14-12(15)8-7-10-5-3-2-4-6-10/h2-8,11H,9H2,1H3,(H,14,15)(H,16,17)/b8-7+. The lowest BCUT2D eigenvalue weighted by Gasteiger charge is -2.11. The van der Waals surface area contributed by atoms with E-state index in [-0.39, 0.29) is 6.61 Å². The molecule has 0 aliphatic rings. The second-order valence-electron chi connectivity index (χ2n) is 3.60. The highest BCUT2D eigenvalue weighted by atomic mass is 16.5. The Morgan fingerprint density at radius 2 is 2.06 bits per heavy atom. The lowest BCUT2D eigenvalue weighted by molar-refractivity contribution is -0.142. The number of carbonyl (C=O) groups excluding carboxylic acids is 1. The van der Waals surface area contributed by atoms with E-state index in [1.54, 1.807) is 6.08 Å². The Bertz CT molecular complexity index is 428. The molecule has 0 radical (unpaired) electrons. The molecule has 0 fully saturated rings.